The van der Waals surface area contributed by atoms with E-state index in [4.69, 9.17) is 4.74 Å². The Morgan fingerprint density at radius 1 is 1.23 bits per heavy atom. The molecule has 0 bridgehead atoms. The van der Waals surface area contributed by atoms with Crippen molar-refractivity contribution in [1.29, 1.82) is 0 Å². The molecular formula is C22H33N5O4. The summed E-state index contributed by atoms with van der Waals surface area (Å²) in [6.07, 6.45) is 3.39. The number of carbonyl (C=O) groups is 3. The monoisotopic (exact) mass is 431 g/mol. The molecule has 2 aliphatic rings. The Labute approximate surface area is 183 Å². The van der Waals surface area contributed by atoms with Gasteiger partial charge in [-0.1, -0.05) is 0 Å². The number of ether oxygens (including phenoxy) is 1. The van der Waals surface area contributed by atoms with E-state index >= 15 is 0 Å². The van der Waals surface area contributed by atoms with Gasteiger partial charge in [-0.25, -0.2) is 4.79 Å². The summed E-state index contributed by atoms with van der Waals surface area (Å²) >= 11 is 0. The molecule has 0 aromatic carbocycles. The van der Waals surface area contributed by atoms with Crippen LogP contribution in [0.5, 0.6) is 0 Å². The number of aromatic nitrogens is 2. The van der Waals surface area contributed by atoms with Crippen LogP contribution in [0.25, 0.3) is 0 Å². The molecule has 0 fully saturated rings. The lowest BCUT2D eigenvalue weighted by molar-refractivity contribution is -0.118. The van der Waals surface area contributed by atoms with Crippen molar-refractivity contribution >= 4 is 17.8 Å². The number of nitrogens with zero attached hydrogens (tertiary/aromatic N) is 5. The number of hydrogen-bond donors (Lipinski definition) is 0. The van der Waals surface area contributed by atoms with Crippen molar-refractivity contribution in [2.24, 2.45) is 5.92 Å². The lowest BCUT2D eigenvalue weighted by atomic mass is 9.99. The van der Waals surface area contributed by atoms with Gasteiger partial charge in [-0.05, 0) is 33.8 Å². The Hall–Kier alpha value is -2.84. The van der Waals surface area contributed by atoms with E-state index in [2.05, 4.69) is 5.10 Å². The highest BCUT2D eigenvalue weighted by Crippen LogP contribution is 2.30. The van der Waals surface area contributed by atoms with Crippen molar-refractivity contribution in [2.45, 2.75) is 58.8 Å². The highest BCUT2D eigenvalue weighted by molar-refractivity contribution is 5.97. The molecule has 2 aliphatic heterocycles. The van der Waals surface area contributed by atoms with Crippen LogP contribution in [0.15, 0.2) is 12.3 Å². The van der Waals surface area contributed by atoms with Crippen LogP contribution in [-0.2, 0) is 29.0 Å². The van der Waals surface area contributed by atoms with E-state index in [0.29, 0.717) is 25.2 Å². The summed E-state index contributed by atoms with van der Waals surface area (Å²) in [7, 11) is 5.40. The lowest BCUT2D eigenvalue weighted by Crippen LogP contribution is -2.45. The summed E-state index contributed by atoms with van der Waals surface area (Å²) in [6, 6.07) is -0.102. The number of allylic oxidation sites excluding steroid dienone is 1. The summed E-state index contributed by atoms with van der Waals surface area (Å²) in [5.41, 5.74) is 1.42. The second-order valence-electron chi connectivity index (χ2n) is 9.68. The molecule has 3 rings (SSSR count). The maximum Gasteiger partial charge on any atom is 0.410 e. The minimum atomic E-state index is -0.600. The third-order valence-electron chi connectivity index (χ3n) is 5.49. The molecule has 0 spiro atoms. The first kappa shape index (κ1) is 22.8. The molecule has 2 unspecified atom stereocenters. The zero-order chi connectivity index (χ0) is 23.1. The molecule has 9 nitrogen and oxygen atoms in total. The maximum atomic E-state index is 13.2. The highest BCUT2D eigenvalue weighted by atomic mass is 16.6. The molecule has 0 saturated heterocycles. The molecular weight excluding hydrogens is 398 g/mol. The molecule has 9 heteroatoms. The van der Waals surface area contributed by atoms with Crippen molar-refractivity contribution in [2.75, 3.05) is 27.7 Å². The van der Waals surface area contributed by atoms with Crippen LogP contribution in [0.4, 0.5) is 4.79 Å². The van der Waals surface area contributed by atoms with Gasteiger partial charge >= 0.3 is 6.09 Å². The van der Waals surface area contributed by atoms with Gasteiger partial charge in [0.15, 0.2) is 5.78 Å². The maximum absolute atomic E-state index is 13.2. The van der Waals surface area contributed by atoms with E-state index in [9.17, 15) is 14.4 Å². The fourth-order valence-corrected chi connectivity index (χ4v) is 3.93. The van der Waals surface area contributed by atoms with Gasteiger partial charge in [0.2, 0.25) is 0 Å². The Bertz CT molecular complexity index is 912. The second kappa shape index (κ2) is 8.36. The topological polar surface area (TPSA) is 88.0 Å². The minimum absolute atomic E-state index is 0.0431. The van der Waals surface area contributed by atoms with E-state index in [1.54, 1.807) is 38.7 Å². The number of fused-ring (bicyclic) bond motifs is 3. The van der Waals surface area contributed by atoms with Crippen LogP contribution in [-0.4, -0.2) is 81.6 Å². The van der Waals surface area contributed by atoms with Crippen molar-refractivity contribution in [3.63, 3.8) is 0 Å². The van der Waals surface area contributed by atoms with Crippen molar-refractivity contribution in [3.05, 3.63) is 29.2 Å². The average molecular weight is 432 g/mol. The smallest absolute Gasteiger partial charge is 0.410 e. The first-order valence-electron chi connectivity index (χ1n) is 10.6. The molecule has 1 aromatic rings. The van der Waals surface area contributed by atoms with Gasteiger partial charge in [0.05, 0.1) is 24.7 Å². The quantitative estimate of drug-likeness (QED) is 0.680. The average Bonchev–Trinajstić information content (AvgIpc) is 2.93. The standard InChI is InChI=1S/C22H33N5O4/c1-14-10-17-16(13-26(14)21(30)31-22(2,3)4)19-20(29)25(7)11-15(12-27(19)23-17)18(28)8-9-24(5)6/h8-9,14-15H,10-13H2,1-7H3/b9-8+. The normalized spacial score (nSPS) is 21.6. The van der Waals surface area contributed by atoms with Gasteiger partial charge in [0.1, 0.15) is 11.3 Å². The molecule has 2 amide bonds. The van der Waals surface area contributed by atoms with Gasteiger partial charge < -0.3 is 19.4 Å². The predicted molar refractivity (Wildman–Crippen MR) is 115 cm³/mol. The molecule has 31 heavy (non-hydrogen) atoms. The van der Waals surface area contributed by atoms with Crippen molar-refractivity contribution in [3.8, 4) is 0 Å². The Balaban J connectivity index is 1.92. The molecule has 170 valence electrons. The predicted octanol–water partition coefficient (Wildman–Crippen LogP) is 1.91. The van der Waals surface area contributed by atoms with Crippen LogP contribution in [0.2, 0.25) is 0 Å². The summed E-state index contributed by atoms with van der Waals surface area (Å²) in [5, 5.41) is 4.69. The summed E-state index contributed by atoms with van der Waals surface area (Å²) in [6.45, 7) is 8.35. The molecule has 2 atom stereocenters. The zero-order valence-corrected chi connectivity index (χ0v) is 19.5. The molecule has 3 heterocycles. The van der Waals surface area contributed by atoms with Crippen LogP contribution >= 0.6 is 0 Å². The number of carbonyl (C=O) groups excluding carboxylic acids is 3. The Kier molecular flexibility index (Phi) is 6.16. The van der Waals surface area contributed by atoms with Crippen molar-refractivity contribution < 1.29 is 19.1 Å². The van der Waals surface area contributed by atoms with E-state index in [-0.39, 0.29) is 30.2 Å². The number of ketones is 1. The number of rotatable bonds is 3. The fourth-order valence-electron chi connectivity index (χ4n) is 3.93. The molecule has 0 N–H and O–H groups in total. The first-order chi connectivity index (χ1) is 14.4. The Morgan fingerprint density at radius 3 is 2.52 bits per heavy atom. The van der Waals surface area contributed by atoms with Gasteiger partial charge in [0, 0.05) is 51.9 Å². The third-order valence-corrected chi connectivity index (χ3v) is 5.49. The van der Waals surface area contributed by atoms with Crippen molar-refractivity contribution in [1.82, 2.24) is 24.5 Å². The summed E-state index contributed by atoms with van der Waals surface area (Å²) in [5.74, 6) is -0.607. The highest BCUT2D eigenvalue weighted by Gasteiger charge is 2.39. The van der Waals surface area contributed by atoms with E-state index < -0.39 is 11.7 Å². The minimum Gasteiger partial charge on any atom is -0.444 e. The van der Waals surface area contributed by atoms with Gasteiger partial charge in [0.25, 0.3) is 5.91 Å². The molecule has 0 aliphatic carbocycles. The third kappa shape index (κ3) is 4.91. The number of amides is 2. The van der Waals surface area contributed by atoms with Gasteiger partial charge in [-0.15, -0.1) is 0 Å². The zero-order valence-electron chi connectivity index (χ0n) is 19.5. The van der Waals surface area contributed by atoms with Crippen LogP contribution in [0, 0.1) is 5.92 Å². The van der Waals surface area contributed by atoms with E-state index in [1.165, 1.54) is 0 Å². The SMILES string of the molecule is CC1Cc2nn3c(c2CN1C(=O)OC(C)(C)C)C(=O)N(C)CC(C(=O)/C=C/N(C)C)C3. The molecule has 0 saturated carbocycles. The van der Waals surface area contributed by atoms with Gasteiger partial charge in [-0.2, -0.15) is 5.10 Å². The molecule has 1 aromatic heterocycles. The lowest BCUT2D eigenvalue weighted by Gasteiger charge is -2.34. The first-order valence-corrected chi connectivity index (χ1v) is 10.6. The largest absolute Gasteiger partial charge is 0.444 e. The van der Waals surface area contributed by atoms with E-state index in [0.717, 1.165) is 11.3 Å². The number of hydrogen-bond acceptors (Lipinski definition) is 6. The second-order valence-corrected chi connectivity index (χ2v) is 9.68. The van der Waals surface area contributed by atoms with Crippen LogP contribution in [0.3, 0.4) is 0 Å². The Morgan fingerprint density at radius 2 is 1.90 bits per heavy atom. The van der Waals surface area contributed by atoms with E-state index in [1.807, 2.05) is 41.8 Å². The van der Waals surface area contributed by atoms with Crippen LogP contribution < -0.4 is 0 Å². The fraction of sp³-hybridized carbons (Fsp3) is 0.636. The molecule has 0 radical (unpaired) electrons. The summed E-state index contributed by atoms with van der Waals surface area (Å²) in [4.78, 5) is 43.7. The van der Waals surface area contributed by atoms with Crippen LogP contribution in [0.1, 0.15) is 49.4 Å². The summed E-state index contributed by atoms with van der Waals surface area (Å²) < 4.78 is 7.22. The van der Waals surface area contributed by atoms with Gasteiger partial charge in [-0.3, -0.25) is 14.3 Å².